The van der Waals surface area contributed by atoms with Crippen LogP contribution in [-0.2, 0) is 4.79 Å². The molecule has 94 valence electrons. The highest BCUT2D eigenvalue weighted by atomic mass is 16.2. The van der Waals surface area contributed by atoms with Crippen molar-refractivity contribution in [3.05, 3.63) is 18.5 Å². The first-order chi connectivity index (χ1) is 8.06. The monoisotopic (exact) mass is 236 g/mol. The van der Waals surface area contributed by atoms with Gasteiger partial charge >= 0.3 is 0 Å². The summed E-state index contributed by atoms with van der Waals surface area (Å²) in [5.41, 5.74) is 5.83. The van der Waals surface area contributed by atoms with Crippen molar-refractivity contribution in [1.82, 2.24) is 14.7 Å². The molecule has 1 aromatic heterocycles. The summed E-state index contributed by atoms with van der Waals surface area (Å²) in [6, 6.07) is 1.60. The van der Waals surface area contributed by atoms with Gasteiger partial charge in [-0.2, -0.15) is 5.10 Å². The van der Waals surface area contributed by atoms with Crippen molar-refractivity contribution in [3.63, 3.8) is 0 Å². The molecule has 0 saturated carbocycles. The predicted molar refractivity (Wildman–Crippen MR) is 65.3 cm³/mol. The molecule has 0 spiro atoms. The molecular weight excluding hydrogens is 216 g/mol. The Labute approximate surface area is 102 Å². The number of aromatic nitrogens is 2. The third-order valence-electron chi connectivity index (χ3n) is 3.64. The maximum absolute atomic E-state index is 12.3. The Morgan fingerprint density at radius 2 is 2.41 bits per heavy atom. The molecule has 0 bridgehead atoms. The van der Waals surface area contributed by atoms with E-state index in [0.29, 0.717) is 6.54 Å². The van der Waals surface area contributed by atoms with Gasteiger partial charge in [-0.1, -0.05) is 6.92 Å². The van der Waals surface area contributed by atoms with Gasteiger partial charge in [0.25, 0.3) is 0 Å². The van der Waals surface area contributed by atoms with E-state index in [0.717, 1.165) is 19.5 Å². The first kappa shape index (κ1) is 12.1. The quantitative estimate of drug-likeness (QED) is 0.837. The Kier molecular flexibility index (Phi) is 3.19. The number of nitrogens with zero attached hydrogens (tertiary/aromatic N) is 3. The van der Waals surface area contributed by atoms with E-state index in [2.05, 4.69) is 12.0 Å². The van der Waals surface area contributed by atoms with Crippen molar-refractivity contribution in [3.8, 4) is 0 Å². The first-order valence-corrected chi connectivity index (χ1v) is 6.04. The van der Waals surface area contributed by atoms with E-state index in [4.69, 9.17) is 5.73 Å². The molecule has 0 aromatic carbocycles. The standard InChI is InChI=1S/C12H20N4O/c1-10(16-6-3-5-14-16)11(17)15-7-4-12(2,8-13)9-15/h3,5-6,10H,4,7-9,13H2,1-2H3. The lowest BCUT2D eigenvalue weighted by molar-refractivity contribution is -0.133. The molecular formula is C12H20N4O. The summed E-state index contributed by atoms with van der Waals surface area (Å²) in [7, 11) is 0. The van der Waals surface area contributed by atoms with Crippen LogP contribution in [0.15, 0.2) is 18.5 Å². The largest absolute Gasteiger partial charge is 0.340 e. The van der Waals surface area contributed by atoms with Crippen LogP contribution in [0.3, 0.4) is 0 Å². The van der Waals surface area contributed by atoms with Crippen LogP contribution in [0.25, 0.3) is 0 Å². The zero-order valence-corrected chi connectivity index (χ0v) is 10.5. The summed E-state index contributed by atoms with van der Waals surface area (Å²) in [4.78, 5) is 14.2. The number of nitrogens with two attached hydrogens (primary N) is 1. The molecule has 2 heterocycles. The van der Waals surface area contributed by atoms with Crippen molar-refractivity contribution in [2.45, 2.75) is 26.3 Å². The Morgan fingerprint density at radius 1 is 1.65 bits per heavy atom. The van der Waals surface area contributed by atoms with Gasteiger partial charge in [-0.15, -0.1) is 0 Å². The average Bonchev–Trinajstić information content (AvgIpc) is 2.97. The molecule has 17 heavy (non-hydrogen) atoms. The zero-order chi connectivity index (χ0) is 12.5. The lowest BCUT2D eigenvalue weighted by atomic mass is 9.90. The molecule has 1 aliphatic heterocycles. The van der Waals surface area contributed by atoms with E-state index in [-0.39, 0.29) is 17.4 Å². The van der Waals surface area contributed by atoms with Crippen LogP contribution < -0.4 is 5.73 Å². The van der Waals surface area contributed by atoms with Crippen molar-refractivity contribution < 1.29 is 4.79 Å². The Bertz CT molecular complexity index is 389. The molecule has 1 saturated heterocycles. The van der Waals surface area contributed by atoms with Gasteiger partial charge in [0.2, 0.25) is 5.91 Å². The van der Waals surface area contributed by atoms with Gasteiger partial charge in [0.15, 0.2) is 0 Å². The van der Waals surface area contributed by atoms with E-state index in [1.165, 1.54) is 0 Å². The number of rotatable bonds is 3. The Balaban J connectivity index is 2.02. The zero-order valence-electron chi connectivity index (χ0n) is 10.5. The number of hydrogen-bond acceptors (Lipinski definition) is 3. The fourth-order valence-corrected chi connectivity index (χ4v) is 2.27. The molecule has 1 aliphatic rings. The molecule has 2 rings (SSSR count). The second-order valence-electron chi connectivity index (χ2n) is 5.19. The summed E-state index contributed by atoms with van der Waals surface area (Å²) < 4.78 is 1.69. The van der Waals surface area contributed by atoms with Gasteiger partial charge in [-0.05, 0) is 31.4 Å². The van der Waals surface area contributed by atoms with Gasteiger partial charge in [0.1, 0.15) is 6.04 Å². The molecule has 2 N–H and O–H groups in total. The normalized spacial score (nSPS) is 26.2. The molecule has 0 aliphatic carbocycles. The van der Waals surface area contributed by atoms with Gasteiger partial charge in [0, 0.05) is 25.5 Å². The number of amides is 1. The van der Waals surface area contributed by atoms with E-state index >= 15 is 0 Å². The van der Waals surface area contributed by atoms with Crippen LogP contribution in [-0.4, -0.2) is 40.2 Å². The third kappa shape index (κ3) is 2.34. The summed E-state index contributed by atoms with van der Waals surface area (Å²) in [6.07, 6.45) is 4.50. The molecule has 1 amide bonds. The Morgan fingerprint density at radius 3 is 2.94 bits per heavy atom. The molecule has 0 radical (unpaired) electrons. The van der Waals surface area contributed by atoms with Gasteiger partial charge in [0.05, 0.1) is 0 Å². The summed E-state index contributed by atoms with van der Waals surface area (Å²) >= 11 is 0. The second kappa shape index (κ2) is 4.49. The van der Waals surface area contributed by atoms with Crippen LogP contribution in [0.2, 0.25) is 0 Å². The highest BCUT2D eigenvalue weighted by Crippen LogP contribution is 2.29. The van der Waals surface area contributed by atoms with Crippen LogP contribution in [0.4, 0.5) is 0 Å². The van der Waals surface area contributed by atoms with E-state index in [1.807, 2.05) is 24.1 Å². The number of carbonyl (C=O) groups is 1. The number of carbonyl (C=O) groups excluding carboxylic acids is 1. The third-order valence-corrected chi connectivity index (χ3v) is 3.64. The van der Waals surface area contributed by atoms with Crippen molar-refractivity contribution in [1.29, 1.82) is 0 Å². The minimum atomic E-state index is -0.231. The predicted octanol–water partition coefficient (Wildman–Crippen LogP) is 0.641. The fourth-order valence-electron chi connectivity index (χ4n) is 2.27. The highest BCUT2D eigenvalue weighted by Gasteiger charge is 2.36. The Hall–Kier alpha value is -1.36. The molecule has 5 heteroatoms. The van der Waals surface area contributed by atoms with E-state index in [9.17, 15) is 4.79 Å². The molecule has 1 aromatic rings. The summed E-state index contributed by atoms with van der Waals surface area (Å²) in [6.45, 7) is 6.21. The number of hydrogen-bond donors (Lipinski definition) is 1. The van der Waals surface area contributed by atoms with E-state index in [1.54, 1.807) is 10.9 Å². The molecule has 2 unspecified atom stereocenters. The smallest absolute Gasteiger partial charge is 0.247 e. The SMILES string of the molecule is CC(C(=O)N1CCC(C)(CN)C1)n1cccn1. The van der Waals surface area contributed by atoms with Crippen molar-refractivity contribution in [2.75, 3.05) is 19.6 Å². The van der Waals surface area contributed by atoms with Crippen molar-refractivity contribution >= 4 is 5.91 Å². The number of likely N-dealkylation sites (tertiary alicyclic amines) is 1. The van der Waals surface area contributed by atoms with Crippen LogP contribution in [0.1, 0.15) is 26.3 Å². The summed E-state index contributed by atoms with van der Waals surface area (Å²) in [5.74, 6) is 0.130. The van der Waals surface area contributed by atoms with Gasteiger partial charge < -0.3 is 10.6 Å². The average molecular weight is 236 g/mol. The topological polar surface area (TPSA) is 64.2 Å². The first-order valence-electron chi connectivity index (χ1n) is 6.04. The van der Waals surface area contributed by atoms with E-state index < -0.39 is 0 Å². The molecule has 5 nitrogen and oxygen atoms in total. The summed E-state index contributed by atoms with van der Waals surface area (Å²) in [5, 5.41) is 4.11. The van der Waals surface area contributed by atoms with Crippen molar-refractivity contribution in [2.24, 2.45) is 11.1 Å². The van der Waals surface area contributed by atoms with Crippen LogP contribution >= 0.6 is 0 Å². The molecule has 2 atom stereocenters. The lowest BCUT2D eigenvalue weighted by Gasteiger charge is -2.24. The fraction of sp³-hybridized carbons (Fsp3) is 0.667. The minimum absolute atomic E-state index is 0.0828. The highest BCUT2D eigenvalue weighted by molar-refractivity contribution is 5.80. The maximum atomic E-state index is 12.3. The van der Waals surface area contributed by atoms with Crippen LogP contribution in [0, 0.1) is 5.41 Å². The van der Waals surface area contributed by atoms with Crippen LogP contribution in [0.5, 0.6) is 0 Å². The molecule has 1 fully saturated rings. The van der Waals surface area contributed by atoms with Gasteiger partial charge in [-0.3, -0.25) is 9.48 Å². The maximum Gasteiger partial charge on any atom is 0.247 e. The minimum Gasteiger partial charge on any atom is -0.340 e. The van der Waals surface area contributed by atoms with Gasteiger partial charge in [-0.25, -0.2) is 0 Å². The lowest BCUT2D eigenvalue weighted by Crippen LogP contribution is -2.37. The second-order valence-corrected chi connectivity index (χ2v) is 5.19.